The summed E-state index contributed by atoms with van der Waals surface area (Å²) < 4.78 is 49.5. The number of ether oxygens (including phenoxy) is 1. The van der Waals surface area contributed by atoms with E-state index in [2.05, 4.69) is 5.32 Å². The van der Waals surface area contributed by atoms with Gasteiger partial charge in [0.25, 0.3) is 10.0 Å². The van der Waals surface area contributed by atoms with E-state index in [0.717, 1.165) is 9.87 Å². The number of hydrogen-bond donors (Lipinski definition) is 1. The first kappa shape index (κ1) is 32.2. The summed E-state index contributed by atoms with van der Waals surface area (Å²) in [5, 5.41) is 2.79. The maximum absolute atomic E-state index is 14.9. The van der Waals surface area contributed by atoms with Gasteiger partial charge < -0.3 is 15.0 Å². The van der Waals surface area contributed by atoms with Crippen LogP contribution in [0.2, 0.25) is 0 Å². The molecule has 0 spiro atoms. The van der Waals surface area contributed by atoms with E-state index < -0.39 is 40.2 Å². The molecule has 2 amide bonds. The lowest BCUT2D eigenvalue weighted by Gasteiger charge is -2.34. The molecule has 8 nitrogen and oxygen atoms in total. The lowest BCUT2D eigenvalue weighted by molar-refractivity contribution is -0.140. The van der Waals surface area contributed by atoms with Gasteiger partial charge >= 0.3 is 0 Å². The smallest absolute Gasteiger partial charge is 0.264 e. The van der Waals surface area contributed by atoms with Gasteiger partial charge in [0.2, 0.25) is 11.8 Å². The van der Waals surface area contributed by atoms with Gasteiger partial charge in [-0.2, -0.15) is 0 Å². The van der Waals surface area contributed by atoms with Crippen LogP contribution in [0, 0.1) is 5.82 Å². The topological polar surface area (TPSA) is 96.0 Å². The van der Waals surface area contributed by atoms with Crippen LogP contribution in [0.5, 0.6) is 5.75 Å². The summed E-state index contributed by atoms with van der Waals surface area (Å²) in [7, 11) is -4.23. The largest absolute Gasteiger partial charge is 0.494 e. The highest BCUT2D eigenvalue weighted by molar-refractivity contribution is 7.92. The van der Waals surface area contributed by atoms with Crippen molar-refractivity contribution in [1.82, 2.24) is 10.2 Å². The summed E-state index contributed by atoms with van der Waals surface area (Å²) >= 11 is 0. The number of carbonyl (C=O) groups excluding carboxylic acids is 2. The fraction of sp³-hybridized carbons (Fsp3) is 0.235. The first-order chi connectivity index (χ1) is 21.2. The zero-order valence-corrected chi connectivity index (χ0v) is 25.5. The molecule has 0 saturated heterocycles. The lowest BCUT2D eigenvalue weighted by atomic mass is 10.0. The summed E-state index contributed by atoms with van der Waals surface area (Å²) in [4.78, 5) is 29.1. The molecule has 0 aliphatic rings. The van der Waals surface area contributed by atoms with Gasteiger partial charge in [0.1, 0.15) is 24.2 Å². The number of halogens is 1. The number of anilines is 1. The van der Waals surface area contributed by atoms with E-state index in [1.807, 2.05) is 37.3 Å². The van der Waals surface area contributed by atoms with Crippen LogP contribution in [0.25, 0.3) is 0 Å². The Morgan fingerprint density at radius 2 is 1.45 bits per heavy atom. The van der Waals surface area contributed by atoms with E-state index in [0.29, 0.717) is 18.9 Å². The minimum atomic E-state index is -4.23. The van der Waals surface area contributed by atoms with Gasteiger partial charge in [-0.3, -0.25) is 13.9 Å². The highest BCUT2D eigenvalue weighted by Gasteiger charge is 2.34. The molecule has 0 heterocycles. The Labute approximate surface area is 258 Å². The summed E-state index contributed by atoms with van der Waals surface area (Å²) in [6.07, 6.45) is 0.140. The van der Waals surface area contributed by atoms with E-state index in [1.165, 1.54) is 35.2 Å². The number of hydrogen-bond acceptors (Lipinski definition) is 5. The van der Waals surface area contributed by atoms with Crippen molar-refractivity contribution in [2.75, 3.05) is 24.0 Å². The van der Waals surface area contributed by atoms with E-state index in [1.54, 1.807) is 55.5 Å². The monoisotopic (exact) mass is 617 g/mol. The molecule has 0 fully saturated rings. The highest BCUT2D eigenvalue weighted by Crippen LogP contribution is 2.27. The normalized spacial score (nSPS) is 11.8. The maximum atomic E-state index is 14.9. The summed E-state index contributed by atoms with van der Waals surface area (Å²) in [5.41, 5.74) is 1.21. The van der Waals surface area contributed by atoms with Crippen molar-refractivity contribution in [3.05, 3.63) is 126 Å². The van der Waals surface area contributed by atoms with E-state index >= 15 is 0 Å². The van der Waals surface area contributed by atoms with Crippen LogP contribution < -0.4 is 14.4 Å². The van der Waals surface area contributed by atoms with Crippen molar-refractivity contribution in [2.24, 2.45) is 0 Å². The number of rotatable bonds is 14. The fourth-order valence-electron chi connectivity index (χ4n) is 4.78. The van der Waals surface area contributed by atoms with Gasteiger partial charge in [0, 0.05) is 25.1 Å². The lowest BCUT2D eigenvalue weighted by Crippen LogP contribution is -2.53. The first-order valence-corrected chi connectivity index (χ1v) is 15.8. The molecule has 10 heteroatoms. The molecule has 0 aromatic heterocycles. The van der Waals surface area contributed by atoms with Crippen LogP contribution in [0.1, 0.15) is 25.0 Å². The van der Waals surface area contributed by atoms with Crippen LogP contribution in [-0.2, 0) is 32.6 Å². The highest BCUT2D eigenvalue weighted by atomic mass is 32.2. The average molecular weight is 618 g/mol. The Balaban J connectivity index is 1.79. The summed E-state index contributed by atoms with van der Waals surface area (Å²) in [5.74, 6) is -1.10. The van der Waals surface area contributed by atoms with Crippen LogP contribution in [0.15, 0.2) is 114 Å². The van der Waals surface area contributed by atoms with Gasteiger partial charge in [0.15, 0.2) is 0 Å². The second-order valence-corrected chi connectivity index (χ2v) is 11.8. The van der Waals surface area contributed by atoms with Gasteiger partial charge in [-0.25, -0.2) is 12.8 Å². The molecular weight excluding hydrogens is 581 g/mol. The molecule has 44 heavy (non-hydrogen) atoms. The predicted molar refractivity (Wildman–Crippen MR) is 168 cm³/mol. The molecule has 1 N–H and O–H groups in total. The van der Waals surface area contributed by atoms with Crippen molar-refractivity contribution in [3.63, 3.8) is 0 Å². The Hall–Kier alpha value is -4.70. The zero-order valence-electron chi connectivity index (χ0n) is 24.7. The molecule has 0 aliphatic heterocycles. The Bertz CT molecular complexity index is 1630. The molecule has 4 aromatic rings. The Morgan fingerprint density at radius 1 is 0.841 bits per heavy atom. The van der Waals surface area contributed by atoms with Crippen LogP contribution in [0.3, 0.4) is 0 Å². The molecule has 0 aliphatic carbocycles. The number of amides is 2. The number of carbonyl (C=O) groups is 2. The quantitative estimate of drug-likeness (QED) is 0.210. The van der Waals surface area contributed by atoms with E-state index in [4.69, 9.17) is 4.74 Å². The van der Waals surface area contributed by atoms with Crippen LogP contribution in [-0.4, -0.2) is 50.9 Å². The molecule has 1 atom stereocenters. The van der Waals surface area contributed by atoms with Crippen molar-refractivity contribution in [1.29, 1.82) is 0 Å². The molecule has 0 radical (unpaired) electrons. The van der Waals surface area contributed by atoms with Crippen LogP contribution >= 0.6 is 0 Å². The molecule has 4 aromatic carbocycles. The third-order valence-corrected chi connectivity index (χ3v) is 8.75. The zero-order chi connectivity index (χ0) is 31.5. The number of nitrogens with one attached hydrogen (secondary N) is 1. The van der Waals surface area contributed by atoms with Crippen LogP contribution in [0.4, 0.5) is 10.1 Å². The van der Waals surface area contributed by atoms with Crippen molar-refractivity contribution in [2.45, 2.75) is 37.8 Å². The number of sulfonamides is 1. The second kappa shape index (κ2) is 15.2. The molecular formula is C34H36FN3O5S. The van der Waals surface area contributed by atoms with Gasteiger partial charge in [0.05, 0.1) is 17.2 Å². The van der Waals surface area contributed by atoms with Crippen molar-refractivity contribution >= 4 is 27.5 Å². The number of benzene rings is 4. The standard InChI is InChI=1S/C34H36FN3O5S/c1-3-36-34(40)32(23-26-13-7-5-8-14-26)37(24-27-15-11-12-18-31(27)35)33(39)25-38(28-19-21-29(22-20-28)43-4-2)44(41,42)30-16-9-6-10-17-30/h5-22,32H,3-4,23-25H2,1-2H3,(H,36,40). The SMILES string of the molecule is CCNC(=O)C(Cc1ccccc1)N(Cc1ccccc1F)C(=O)CN(c1ccc(OCC)cc1)S(=O)(=O)c1ccccc1. The minimum absolute atomic E-state index is 0.00750. The Kier molecular flexibility index (Phi) is 11.1. The predicted octanol–water partition coefficient (Wildman–Crippen LogP) is 5.20. The van der Waals surface area contributed by atoms with Gasteiger partial charge in [-0.1, -0.05) is 66.7 Å². The molecule has 0 saturated carbocycles. The second-order valence-electron chi connectivity index (χ2n) is 9.96. The van der Waals surface area contributed by atoms with Gasteiger partial charge in [-0.05, 0) is 61.9 Å². The first-order valence-electron chi connectivity index (χ1n) is 14.4. The van der Waals surface area contributed by atoms with E-state index in [-0.39, 0.29) is 29.1 Å². The Morgan fingerprint density at radius 3 is 2.07 bits per heavy atom. The minimum Gasteiger partial charge on any atom is -0.494 e. The molecule has 4 rings (SSSR count). The molecule has 1 unspecified atom stereocenters. The van der Waals surface area contributed by atoms with E-state index in [9.17, 15) is 22.4 Å². The van der Waals surface area contributed by atoms with Gasteiger partial charge in [-0.15, -0.1) is 0 Å². The summed E-state index contributed by atoms with van der Waals surface area (Å²) in [6, 6.07) is 28.3. The summed E-state index contributed by atoms with van der Waals surface area (Å²) in [6.45, 7) is 3.46. The fourth-order valence-corrected chi connectivity index (χ4v) is 6.22. The van der Waals surface area contributed by atoms with Crippen molar-refractivity contribution in [3.8, 4) is 5.75 Å². The number of nitrogens with zero attached hydrogens (tertiary/aromatic N) is 2. The third kappa shape index (κ3) is 8.02. The maximum Gasteiger partial charge on any atom is 0.264 e. The molecule has 0 bridgehead atoms. The number of likely N-dealkylation sites (N-methyl/N-ethyl adjacent to an activating group) is 1. The third-order valence-electron chi connectivity index (χ3n) is 6.97. The molecule has 230 valence electrons. The van der Waals surface area contributed by atoms with Crippen molar-refractivity contribution < 1.29 is 27.1 Å². The average Bonchev–Trinajstić information content (AvgIpc) is 3.04.